The van der Waals surface area contributed by atoms with Crippen LogP contribution in [0.3, 0.4) is 0 Å². The van der Waals surface area contributed by atoms with Crippen LogP contribution in [-0.4, -0.2) is 18.1 Å². The third-order valence-corrected chi connectivity index (χ3v) is 4.86. The second kappa shape index (κ2) is 9.56. The predicted octanol–water partition coefficient (Wildman–Crippen LogP) is 5.86. The van der Waals surface area contributed by atoms with Crippen molar-refractivity contribution in [3.8, 4) is 5.75 Å². The van der Waals surface area contributed by atoms with E-state index in [0.717, 1.165) is 5.56 Å². The Bertz CT molecular complexity index is 1090. The number of anilines is 3. The number of hydrogen-bond donors (Lipinski definition) is 3. The van der Waals surface area contributed by atoms with E-state index in [9.17, 15) is 9.18 Å². The van der Waals surface area contributed by atoms with Gasteiger partial charge in [0.05, 0.1) is 18.4 Å². The summed E-state index contributed by atoms with van der Waals surface area (Å²) in [6.45, 7) is 1.89. The van der Waals surface area contributed by atoms with E-state index in [1.165, 1.54) is 18.2 Å². The molecule has 3 rings (SSSR count). The number of hydrogen-bond acceptors (Lipinski definition) is 3. The highest BCUT2D eigenvalue weighted by atomic mass is 35.5. The molecule has 0 heterocycles. The van der Waals surface area contributed by atoms with Gasteiger partial charge >= 0.3 is 0 Å². The number of carbonyl (C=O) groups is 1. The topological polar surface area (TPSA) is 62.4 Å². The average molecular weight is 444 g/mol. The molecule has 0 aromatic heterocycles. The molecule has 1 amide bonds. The lowest BCUT2D eigenvalue weighted by atomic mass is 10.2. The van der Waals surface area contributed by atoms with Crippen LogP contribution in [0.15, 0.2) is 60.7 Å². The number of rotatable bonds is 5. The van der Waals surface area contributed by atoms with Crippen molar-refractivity contribution in [2.75, 3.05) is 23.1 Å². The van der Waals surface area contributed by atoms with Crippen LogP contribution < -0.4 is 20.7 Å². The highest BCUT2D eigenvalue weighted by molar-refractivity contribution is 7.80. The summed E-state index contributed by atoms with van der Waals surface area (Å²) >= 11 is 11.5. The number of benzene rings is 3. The van der Waals surface area contributed by atoms with E-state index in [4.69, 9.17) is 28.6 Å². The highest BCUT2D eigenvalue weighted by Gasteiger charge is 2.11. The molecule has 154 valence electrons. The first-order chi connectivity index (χ1) is 14.4. The SMILES string of the molecule is COc1cc(C)c(Cl)cc1NC(=S)Nc1ccc(NC(=O)c2ccccc2F)cc1. The predicted molar refractivity (Wildman–Crippen MR) is 123 cm³/mol. The number of aryl methyl sites for hydroxylation is 1. The number of amides is 1. The smallest absolute Gasteiger partial charge is 0.258 e. The van der Waals surface area contributed by atoms with E-state index in [-0.39, 0.29) is 5.56 Å². The van der Waals surface area contributed by atoms with Crippen molar-refractivity contribution in [3.63, 3.8) is 0 Å². The number of ether oxygens (including phenoxy) is 1. The second-order valence-electron chi connectivity index (χ2n) is 6.39. The van der Waals surface area contributed by atoms with Crippen LogP contribution >= 0.6 is 23.8 Å². The summed E-state index contributed by atoms with van der Waals surface area (Å²) in [6.07, 6.45) is 0. The van der Waals surface area contributed by atoms with Crippen molar-refractivity contribution in [2.24, 2.45) is 0 Å². The molecule has 0 aliphatic heterocycles. The first kappa shape index (κ1) is 21.5. The molecule has 0 atom stereocenters. The molecule has 3 aromatic carbocycles. The summed E-state index contributed by atoms with van der Waals surface area (Å²) in [7, 11) is 1.57. The molecule has 0 bridgehead atoms. The van der Waals surface area contributed by atoms with Gasteiger partial charge in [0.15, 0.2) is 5.11 Å². The summed E-state index contributed by atoms with van der Waals surface area (Å²) < 4.78 is 19.1. The minimum Gasteiger partial charge on any atom is -0.495 e. The van der Waals surface area contributed by atoms with Gasteiger partial charge in [-0.05, 0) is 73.2 Å². The number of methoxy groups -OCH3 is 1. The highest BCUT2D eigenvalue weighted by Crippen LogP contribution is 2.31. The normalized spacial score (nSPS) is 10.3. The van der Waals surface area contributed by atoms with Crippen molar-refractivity contribution in [1.29, 1.82) is 0 Å². The van der Waals surface area contributed by atoms with E-state index < -0.39 is 11.7 Å². The first-order valence-corrected chi connectivity index (χ1v) is 9.74. The fourth-order valence-corrected chi connectivity index (χ4v) is 3.08. The Morgan fingerprint density at radius 1 is 1.00 bits per heavy atom. The van der Waals surface area contributed by atoms with Crippen LogP contribution in [0.25, 0.3) is 0 Å². The molecule has 8 heteroatoms. The Balaban J connectivity index is 1.63. The maximum absolute atomic E-state index is 13.7. The molecule has 3 N–H and O–H groups in total. The third kappa shape index (κ3) is 5.25. The molecule has 0 spiro atoms. The molecular weight excluding hydrogens is 425 g/mol. The number of halogens is 2. The molecule has 5 nitrogen and oxygen atoms in total. The van der Waals surface area contributed by atoms with Gasteiger partial charge in [-0.1, -0.05) is 23.7 Å². The van der Waals surface area contributed by atoms with Crippen LogP contribution in [0.2, 0.25) is 5.02 Å². The maximum Gasteiger partial charge on any atom is 0.258 e. The zero-order valence-corrected chi connectivity index (χ0v) is 17.8. The molecule has 30 heavy (non-hydrogen) atoms. The van der Waals surface area contributed by atoms with E-state index >= 15 is 0 Å². The van der Waals surface area contributed by atoms with Gasteiger partial charge in [0.2, 0.25) is 0 Å². The van der Waals surface area contributed by atoms with Gasteiger partial charge in [-0.25, -0.2) is 4.39 Å². The van der Waals surface area contributed by atoms with E-state index in [1.807, 2.05) is 13.0 Å². The van der Waals surface area contributed by atoms with Gasteiger partial charge < -0.3 is 20.7 Å². The molecule has 0 aliphatic carbocycles. The van der Waals surface area contributed by atoms with E-state index in [2.05, 4.69) is 16.0 Å². The Labute approximate surface area is 184 Å². The molecule has 0 saturated carbocycles. The number of thiocarbonyl (C=S) groups is 1. The van der Waals surface area contributed by atoms with Crippen molar-refractivity contribution in [2.45, 2.75) is 6.92 Å². The zero-order chi connectivity index (χ0) is 21.7. The van der Waals surface area contributed by atoms with Crippen molar-refractivity contribution >= 4 is 51.9 Å². The molecule has 3 aromatic rings. The van der Waals surface area contributed by atoms with Crippen LogP contribution in [0.1, 0.15) is 15.9 Å². The van der Waals surface area contributed by atoms with Gasteiger partial charge in [-0.15, -0.1) is 0 Å². The third-order valence-electron chi connectivity index (χ3n) is 4.25. The molecule has 0 saturated heterocycles. The first-order valence-electron chi connectivity index (χ1n) is 8.95. The van der Waals surface area contributed by atoms with Gasteiger partial charge in [-0.2, -0.15) is 0 Å². The summed E-state index contributed by atoms with van der Waals surface area (Å²) in [5.74, 6) is -0.474. The number of carbonyl (C=O) groups excluding carboxylic acids is 1. The lowest BCUT2D eigenvalue weighted by Crippen LogP contribution is -2.19. The van der Waals surface area contributed by atoms with Crippen LogP contribution in [-0.2, 0) is 0 Å². The van der Waals surface area contributed by atoms with Crippen molar-refractivity contribution in [1.82, 2.24) is 0 Å². The fourth-order valence-electron chi connectivity index (χ4n) is 2.69. The summed E-state index contributed by atoms with van der Waals surface area (Å²) in [6, 6.07) is 16.2. The molecule has 0 fully saturated rings. The minimum absolute atomic E-state index is 0.0178. The van der Waals surface area contributed by atoms with Gasteiger partial charge in [0.25, 0.3) is 5.91 Å². The van der Waals surface area contributed by atoms with Crippen molar-refractivity contribution < 1.29 is 13.9 Å². The Morgan fingerprint density at radius 3 is 2.27 bits per heavy atom. The van der Waals surface area contributed by atoms with E-state index in [1.54, 1.807) is 43.5 Å². The molecule has 0 unspecified atom stereocenters. The zero-order valence-electron chi connectivity index (χ0n) is 16.3. The van der Waals surface area contributed by atoms with E-state index in [0.29, 0.717) is 32.9 Å². The summed E-state index contributed by atoms with van der Waals surface area (Å²) in [5.41, 5.74) is 2.74. The fraction of sp³-hybridized carbons (Fsp3) is 0.0909. The minimum atomic E-state index is -0.573. The van der Waals surface area contributed by atoms with Crippen molar-refractivity contribution in [3.05, 3.63) is 82.6 Å². The second-order valence-corrected chi connectivity index (χ2v) is 7.21. The Kier molecular flexibility index (Phi) is 6.87. The average Bonchev–Trinajstić information content (AvgIpc) is 2.72. The summed E-state index contributed by atoms with van der Waals surface area (Å²) in [5, 5.41) is 9.70. The van der Waals surface area contributed by atoms with Gasteiger partial charge in [0, 0.05) is 16.4 Å². The van der Waals surface area contributed by atoms with Crippen LogP contribution in [0, 0.1) is 12.7 Å². The molecular formula is C22H19ClFN3O2S. The van der Waals surface area contributed by atoms with Crippen LogP contribution in [0.5, 0.6) is 5.75 Å². The van der Waals surface area contributed by atoms with Gasteiger partial charge in [-0.3, -0.25) is 4.79 Å². The maximum atomic E-state index is 13.7. The van der Waals surface area contributed by atoms with Gasteiger partial charge in [0.1, 0.15) is 11.6 Å². The largest absolute Gasteiger partial charge is 0.495 e. The quantitative estimate of drug-likeness (QED) is 0.431. The Morgan fingerprint density at radius 2 is 1.63 bits per heavy atom. The van der Waals surface area contributed by atoms with Crippen LogP contribution in [0.4, 0.5) is 21.5 Å². The lowest BCUT2D eigenvalue weighted by Gasteiger charge is -2.15. The lowest BCUT2D eigenvalue weighted by molar-refractivity contribution is 0.102. The summed E-state index contributed by atoms with van der Waals surface area (Å²) in [4.78, 5) is 12.2. The monoisotopic (exact) mass is 443 g/mol. The standard InChI is InChI=1S/C22H19ClFN3O2S/c1-13-11-20(29-2)19(12-17(13)23)27-22(30)26-15-9-7-14(8-10-15)25-21(28)16-5-3-4-6-18(16)24/h3-12H,1-2H3,(H,25,28)(H2,26,27,30). The molecule has 0 aliphatic rings. The Hall–Kier alpha value is -3.16. The number of nitrogens with one attached hydrogen (secondary N) is 3. The molecule has 0 radical (unpaired) electrons.